The number of phenols is 2. The van der Waals surface area contributed by atoms with Crippen LogP contribution in [0.2, 0.25) is 0 Å². The van der Waals surface area contributed by atoms with Crippen LogP contribution in [-0.4, -0.2) is 72.7 Å². The summed E-state index contributed by atoms with van der Waals surface area (Å²) in [7, 11) is 4.07. The van der Waals surface area contributed by atoms with E-state index in [-0.39, 0.29) is 11.5 Å². The predicted molar refractivity (Wildman–Crippen MR) is 129 cm³/mol. The molecule has 1 aliphatic rings. The van der Waals surface area contributed by atoms with E-state index >= 15 is 0 Å². The molecule has 0 radical (unpaired) electrons. The average molecular weight is 538 g/mol. The molecule has 0 amide bonds. The maximum Gasteiger partial charge on any atom is 0.128 e. The van der Waals surface area contributed by atoms with Gasteiger partial charge in [-0.25, -0.2) is 0 Å². The molecule has 3 rings (SSSR count). The van der Waals surface area contributed by atoms with E-state index in [0.717, 1.165) is 33.2 Å². The van der Waals surface area contributed by atoms with Gasteiger partial charge < -0.3 is 20.0 Å². The third-order valence-corrected chi connectivity index (χ3v) is 5.84. The van der Waals surface area contributed by atoms with Gasteiger partial charge in [0.05, 0.1) is 13.1 Å². The Morgan fingerprint density at radius 1 is 0.733 bits per heavy atom. The Labute approximate surface area is 194 Å². The highest BCUT2D eigenvalue weighted by Crippen LogP contribution is 2.29. The van der Waals surface area contributed by atoms with Crippen molar-refractivity contribution in [3.05, 3.63) is 55.5 Å². The van der Waals surface area contributed by atoms with Crippen molar-refractivity contribution in [3.63, 3.8) is 0 Å². The summed E-state index contributed by atoms with van der Waals surface area (Å²) in [6, 6.07) is 7.60. The number of benzene rings is 2. The van der Waals surface area contributed by atoms with Crippen LogP contribution in [0.5, 0.6) is 11.5 Å². The van der Waals surface area contributed by atoms with Crippen LogP contribution in [0.25, 0.3) is 0 Å². The lowest BCUT2D eigenvalue weighted by molar-refractivity contribution is 0.243. The molecule has 2 aromatic carbocycles. The fraction of sp³-hybridized carbons (Fsp3) is 0.364. The van der Waals surface area contributed by atoms with Crippen LogP contribution < -0.4 is 0 Å². The molecule has 2 aromatic rings. The number of fused-ring (bicyclic) bond motifs is 4. The smallest absolute Gasteiger partial charge is 0.128 e. The number of hydrogen-bond acceptors (Lipinski definition) is 6. The number of aliphatic imine (C=N–C) groups is 2. The van der Waals surface area contributed by atoms with Gasteiger partial charge in [-0.2, -0.15) is 0 Å². The van der Waals surface area contributed by atoms with E-state index in [4.69, 9.17) is 0 Å². The van der Waals surface area contributed by atoms with Crippen LogP contribution >= 0.6 is 31.9 Å². The van der Waals surface area contributed by atoms with E-state index in [0.29, 0.717) is 37.3 Å². The zero-order valence-electron chi connectivity index (χ0n) is 17.1. The largest absolute Gasteiger partial charge is 0.507 e. The van der Waals surface area contributed by atoms with Crippen LogP contribution in [-0.2, 0) is 13.1 Å². The molecule has 4 bridgehead atoms. The minimum absolute atomic E-state index is 0.261. The predicted octanol–water partition coefficient (Wildman–Crippen LogP) is 4.04. The number of halogens is 2. The van der Waals surface area contributed by atoms with Crippen LogP contribution in [0.4, 0.5) is 0 Å². The first-order valence-corrected chi connectivity index (χ1v) is 11.3. The third kappa shape index (κ3) is 6.14. The molecular formula is C22H26Br2N4O2. The monoisotopic (exact) mass is 536 g/mol. The number of likely N-dealkylation sites (N-methyl/N-ethyl adjacent to an activating group) is 2. The van der Waals surface area contributed by atoms with Crippen molar-refractivity contribution < 1.29 is 10.2 Å². The Bertz CT molecular complexity index is 885. The lowest BCUT2D eigenvalue weighted by Crippen LogP contribution is -2.30. The van der Waals surface area contributed by atoms with Gasteiger partial charge in [0.2, 0.25) is 0 Å². The van der Waals surface area contributed by atoms with E-state index in [2.05, 4.69) is 51.6 Å². The van der Waals surface area contributed by atoms with Crippen molar-refractivity contribution >= 4 is 44.3 Å². The molecular weight excluding hydrogens is 512 g/mol. The summed E-state index contributed by atoms with van der Waals surface area (Å²) in [4.78, 5) is 13.1. The van der Waals surface area contributed by atoms with Crippen molar-refractivity contribution in [2.24, 2.45) is 9.98 Å². The molecule has 6 nitrogen and oxygen atoms in total. The molecule has 160 valence electrons. The molecule has 1 heterocycles. The van der Waals surface area contributed by atoms with Gasteiger partial charge in [-0.3, -0.25) is 9.98 Å². The Morgan fingerprint density at radius 2 is 1.13 bits per heavy atom. The number of nitrogens with zero attached hydrogens (tertiary/aromatic N) is 4. The van der Waals surface area contributed by atoms with E-state index in [1.807, 2.05) is 38.4 Å². The van der Waals surface area contributed by atoms with Gasteiger partial charge in [0.25, 0.3) is 0 Å². The van der Waals surface area contributed by atoms with Crippen molar-refractivity contribution in [1.82, 2.24) is 9.80 Å². The number of aromatic hydroxyl groups is 2. The highest BCUT2D eigenvalue weighted by molar-refractivity contribution is 9.10. The van der Waals surface area contributed by atoms with Crippen LogP contribution in [0.3, 0.4) is 0 Å². The molecule has 0 aliphatic carbocycles. The van der Waals surface area contributed by atoms with Gasteiger partial charge in [-0.1, -0.05) is 31.9 Å². The zero-order valence-corrected chi connectivity index (χ0v) is 20.3. The van der Waals surface area contributed by atoms with Crippen molar-refractivity contribution in [3.8, 4) is 11.5 Å². The lowest BCUT2D eigenvalue weighted by atomic mass is 10.1. The summed E-state index contributed by atoms with van der Waals surface area (Å²) in [6.45, 7) is 3.85. The molecule has 0 unspecified atom stereocenters. The summed E-state index contributed by atoms with van der Waals surface area (Å²) in [5, 5.41) is 21.3. The Morgan fingerprint density at radius 3 is 1.53 bits per heavy atom. The van der Waals surface area contributed by atoms with Gasteiger partial charge in [-0.05, 0) is 38.4 Å². The van der Waals surface area contributed by atoms with Gasteiger partial charge in [-0.15, -0.1) is 0 Å². The van der Waals surface area contributed by atoms with Crippen LogP contribution in [0.15, 0.2) is 43.2 Å². The number of rotatable bonds is 0. The van der Waals surface area contributed by atoms with Crippen LogP contribution in [0, 0.1) is 0 Å². The summed E-state index contributed by atoms with van der Waals surface area (Å²) in [5.74, 6) is 0.521. The Hall–Kier alpha value is -1.74. The molecule has 0 saturated heterocycles. The fourth-order valence-corrected chi connectivity index (χ4v) is 4.36. The minimum Gasteiger partial charge on any atom is -0.507 e. The Balaban J connectivity index is 1.90. The molecule has 0 spiro atoms. The van der Waals surface area contributed by atoms with E-state index < -0.39 is 0 Å². The molecule has 0 fully saturated rings. The summed E-state index contributed by atoms with van der Waals surface area (Å²) in [5.41, 5.74) is 3.07. The van der Waals surface area contributed by atoms with Gasteiger partial charge in [0, 0.05) is 69.8 Å². The first-order chi connectivity index (χ1) is 14.3. The van der Waals surface area contributed by atoms with Crippen molar-refractivity contribution in [2.45, 2.75) is 13.1 Å². The molecule has 0 atom stereocenters. The number of hydrogen-bond donors (Lipinski definition) is 2. The molecule has 1 aliphatic heterocycles. The topological polar surface area (TPSA) is 71.7 Å². The van der Waals surface area contributed by atoms with Crippen molar-refractivity contribution in [2.75, 3.05) is 40.3 Å². The van der Waals surface area contributed by atoms with Gasteiger partial charge in [0.15, 0.2) is 0 Å². The molecule has 0 saturated carbocycles. The second kappa shape index (κ2) is 10.5. The zero-order chi connectivity index (χ0) is 21.7. The molecule has 30 heavy (non-hydrogen) atoms. The highest BCUT2D eigenvalue weighted by atomic mass is 79.9. The second-order valence-electron chi connectivity index (χ2n) is 7.55. The van der Waals surface area contributed by atoms with E-state index in [9.17, 15) is 10.2 Å². The lowest BCUT2D eigenvalue weighted by Gasteiger charge is -2.23. The van der Waals surface area contributed by atoms with E-state index in [1.54, 1.807) is 12.4 Å². The van der Waals surface area contributed by atoms with Gasteiger partial charge in [0.1, 0.15) is 11.5 Å². The van der Waals surface area contributed by atoms with Crippen molar-refractivity contribution in [1.29, 1.82) is 0 Å². The molecule has 2 N–H and O–H groups in total. The first kappa shape index (κ1) is 22.9. The molecule has 8 heteroatoms. The Kier molecular flexibility index (Phi) is 8.05. The third-order valence-electron chi connectivity index (χ3n) is 4.93. The molecule has 0 aromatic heterocycles. The summed E-state index contributed by atoms with van der Waals surface area (Å²) >= 11 is 7.06. The summed E-state index contributed by atoms with van der Waals surface area (Å²) in [6.07, 6.45) is 3.37. The fourth-order valence-electron chi connectivity index (χ4n) is 3.32. The van der Waals surface area contributed by atoms with E-state index in [1.165, 1.54) is 0 Å². The SMILES string of the molecule is CN1CCN(C)Cc2cc(Br)cc(c2O)C=NCCN=Cc2cc(Br)cc(c2O)C1. The minimum atomic E-state index is 0.261. The number of phenolic OH excluding ortho intramolecular Hbond substituents is 2. The van der Waals surface area contributed by atoms with Gasteiger partial charge >= 0.3 is 0 Å². The second-order valence-corrected chi connectivity index (χ2v) is 9.38. The standard InChI is InChI=1S/C22H26Br2N4O2/c1-27-5-6-28(2)14-18-10-20(24)8-16(22(18)30)12-26-4-3-25-11-15-7-19(23)9-17(13-27)21(15)29/h7-12,29-30H,3-6,13-14H2,1-2H3. The maximum absolute atomic E-state index is 10.7. The summed E-state index contributed by atoms with van der Waals surface area (Å²) < 4.78 is 1.82. The average Bonchev–Trinajstić information content (AvgIpc) is 2.68. The first-order valence-electron chi connectivity index (χ1n) is 9.73. The highest BCUT2D eigenvalue weighted by Gasteiger charge is 2.13. The maximum atomic E-state index is 10.7. The van der Waals surface area contributed by atoms with Crippen LogP contribution in [0.1, 0.15) is 22.3 Å². The quantitative estimate of drug-likeness (QED) is 0.532. The normalized spacial score (nSPS) is 16.9.